The van der Waals surface area contributed by atoms with Gasteiger partial charge in [0, 0.05) is 38.7 Å². The number of ketones is 1. The number of piperidine rings is 1. The molecule has 0 spiro atoms. The number of Topliss-reactive ketones (excluding diaryl/α,β-unsaturated/α-hetero) is 1. The van der Waals surface area contributed by atoms with Gasteiger partial charge in [-0.3, -0.25) is 14.9 Å². The van der Waals surface area contributed by atoms with E-state index in [1.165, 1.54) is 12.5 Å². The van der Waals surface area contributed by atoms with Gasteiger partial charge in [0.05, 0.1) is 11.5 Å². The molecule has 2 heterocycles. The van der Waals surface area contributed by atoms with E-state index < -0.39 is 6.10 Å². The Bertz CT molecular complexity index is 608. The zero-order valence-electron chi connectivity index (χ0n) is 13.7. The molecule has 1 aromatic rings. The maximum atomic E-state index is 12.3. The first-order valence-corrected chi connectivity index (χ1v) is 8.52. The first kappa shape index (κ1) is 16.9. The molecule has 1 atom stereocenters. The molecule has 0 aromatic heterocycles. The number of ether oxygens (including phenoxy) is 1. The minimum Gasteiger partial charge on any atom is -0.368 e. The van der Waals surface area contributed by atoms with Crippen molar-refractivity contribution in [3.8, 4) is 0 Å². The summed E-state index contributed by atoms with van der Waals surface area (Å²) >= 11 is 0. The Morgan fingerprint density at radius 2 is 2.12 bits per heavy atom. The van der Waals surface area contributed by atoms with Crippen LogP contribution < -0.4 is 10.2 Å². The van der Waals surface area contributed by atoms with Crippen molar-refractivity contribution in [1.29, 1.82) is 0 Å². The van der Waals surface area contributed by atoms with Gasteiger partial charge in [-0.1, -0.05) is 6.07 Å². The van der Waals surface area contributed by atoms with E-state index in [4.69, 9.17) is 4.74 Å². The molecule has 0 aliphatic carbocycles. The highest BCUT2D eigenvalue weighted by Crippen LogP contribution is 2.31. The Kier molecular flexibility index (Phi) is 5.42. The number of nitro groups is 1. The highest BCUT2D eigenvalue weighted by molar-refractivity contribution is 5.86. The third-order valence-corrected chi connectivity index (χ3v) is 4.60. The van der Waals surface area contributed by atoms with Gasteiger partial charge in [0.25, 0.3) is 5.69 Å². The number of nitro benzene ring substituents is 1. The smallest absolute Gasteiger partial charge is 0.292 e. The van der Waals surface area contributed by atoms with Gasteiger partial charge in [-0.2, -0.15) is 0 Å². The van der Waals surface area contributed by atoms with Crippen molar-refractivity contribution in [2.45, 2.75) is 31.8 Å². The lowest BCUT2D eigenvalue weighted by atomic mass is 10.0. The summed E-state index contributed by atoms with van der Waals surface area (Å²) in [7, 11) is 0. The summed E-state index contributed by atoms with van der Waals surface area (Å²) in [5, 5.41) is 14.6. The molecule has 3 rings (SSSR count). The molecule has 7 nitrogen and oxygen atoms in total. The first-order valence-electron chi connectivity index (χ1n) is 8.52. The van der Waals surface area contributed by atoms with Gasteiger partial charge in [-0.25, -0.2) is 0 Å². The predicted molar refractivity (Wildman–Crippen MR) is 90.5 cm³/mol. The van der Waals surface area contributed by atoms with E-state index in [9.17, 15) is 14.9 Å². The molecule has 7 heteroatoms. The Morgan fingerprint density at radius 3 is 2.79 bits per heavy atom. The third-order valence-electron chi connectivity index (χ3n) is 4.60. The lowest BCUT2D eigenvalue weighted by Gasteiger charge is -2.28. The maximum Gasteiger partial charge on any atom is 0.292 e. The molecular weight excluding hydrogens is 310 g/mol. The molecule has 130 valence electrons. The average Bonchev–Trinajstić information content (AvgIpc) is 2.63. The van der Waals surface area contributed by atoms with Crippen molar-refractivity contribution in [3.63, 3.8) is 0 Å². The highest BCUT2D eigenvalue weighted by atomic mass is 16.6. The molecule has 24 heavy (non-hydrogen) atoms. The zero-order chi connectivity index (χ0) is 16.9. The van der Waals surface area contributed by atoms with E-state index in [2.05, 4.69) is 10.2 Å². The number of benzene rings is 1. The quantitative estimate of drug-likeness (QED) is 0.652. The number of nitrogens with zero attached hydrogens (tertiary/aromatic N) is 2. The van der Waals surface area contributed by atoms with Crippen LogP contribution in [0.1, 0.15) is 24.8 Å². The summed E-state index contributed by atoms with van der Waals surface area (Å²) in [6.07, 6.45) is 2.99. The highest BCUT2D eigenvalue weighted by Gasteiger charge is 2.25. The standard InChI is InChI=1S/C17H23N3O4/c21-16(17-12-18-6-9-24-17)11-13-4-5-14(15(10-13)20(22)23)19-7-2-1-3-8-19/h4-5,10,17-18H,1-3,6-9,11-12H2. The number of hydrogen-bond acceptors (Lipinski definition) is 6. The lowest BCUT2D eigenvalue weighted by molar-refractivity contribution is -0.384. The van der Waals surface area contributed by atoms with Crippen LogP contribution in [0.2, 0.25) is 0 Å². The van der Waals surface area contributed by atoms with E-state index in [1.54, 1.807) is 6.07 Å². The SMILES string of the molecule is O=C(Cc1ccc(N2CCCCC2)c([N+](=O)[O-])c1)C1CNCCO1. The van der Waals surface area contributed by atoms with Gasteiger partial charge in [0.15, 0.2) is 5.78 Å². The fourth-order valence-electron chi connectivity index (χ4n) is 3.31. The van der Waals surface area contributed by atoms with Gasteiger partial charge < -0.3 is 15.0 Å². The van der Waals surface area contributed by atoms with Crippen LogP contribution in [-0.4, -0.2) is 49.6 Å². The number of nitrogens with one attached hydrogen (secondary N) is 1. The molecular formula is C17H23N3O4. The molecule has 2 aliphatic rings. The third kappa shape index (κ3) is 3.91. The Hall–Kier alpha value is -1.99. The zero-order valence-corrected chi connectivity index (χ0v) is 13.7. The van der Waals surface area contributed by atoms with Crippen molar-refractivity contribution < 1.29 is 14.5 Å². The first-order chi connectivity index (χ1) is 11.6. The summed E-state index contributed by atoms with van der Waals surface area (Å²) in [6, 6.07) is 5.15. The summed E-state index contributed by atoms with van der Waals surface area (Å²) < 4.78 is 5.45. The Morgan fingerprint density at radius 1 is 1.33 bits per heavy atom. The number of morpholine rings is 1. The van der Waals surface area contributed by atoms with Crippen molar-refractivity contribution in [2.75, 3.05) is 37.7 Å². The molecule has 0 saturated carbocycles. The monoisotopic (exact) mass is 333 g/mol. The minimum absolute atomic E-state index is 0.0396. The normalized spacial score (nSPS) is 21.5. The lowest BCUT2D eigenvalue weighted by Crippen LogP contribution is -2.43. The summed E-state index contributed by atoms with van der Waals surface area (Å²) in [5.41, 5.74) is 1.41. The van der Waals surface area contributed by atoms with Gasteiger partial charge in [0.2, 0.25) is 0 Å². The van der Waals surface area contributed by atoms with Crippen LogP contribution in [0.25, 0.3) is 0 Å². The van der Waals surface area contributed by atoms with Crippen LogP contribution in [0.3, 0.4) is 0 Å². The minimum atomic E-state index is -0.459. The molecule has 1 N–H and O–H groups in total. The molecule has 1 aromatic carbocycles. The van der Waals surface area contributed by atoms with Gasteiger partial charge >= 0.3 is 0 Å². The van der Waals surface area contributed by atoms with E-state index in [1.807, 2.05) is 6.07 Å². The van der Waals surface area contributed by atoms with Crippen LogP contribution >= 0.6 is 0 Å². The van der Waals surface area contributed by atoms with Crippen LogP contribution in [-0.2, 0) is 16.0 Å². The molecule has 1 unspecified atom stereocenters. The molecule has 2 saturated heterocycles. The number of rotatable bonds is 5. The molecule has 2 aliphatic heterocycles. The summed E-state index contributed by atoms with van der Waals surface area (Å²) in [6.45, 7) is 3.47. The fourth-order valence-corrected chi connectivity index (χ4v) is 3.31. The van der Waals surface area contributed by atoms with Crippen molar-refractivity contribution >= 4 is 17.2 Å². The van der Waals surface area contributed by atoms with Gasteiger partial charge in [-0.15, -0.1) is 0 Å². The Balaban J connectivity index is 1.75. The maximum absolute atomic E-state index is 12.3. The fraction of sp³-hybridized carbons (Fsp3) is 0.588. The van der Waals surface area contributed by atoms with E-state index in [-0.39, 0.29) is 22.8 Å². The second kappa shape index (κ2) is 7.72. The van der Waals surface area contributed by atoms with Gasteiger partial charge in [-0.05, 0) is 30.9 Å². The van der Waals surface area contributed by atoms with Crippen molar-refractivity contribution in [2.24, 2.45) is 0 Å². The number of carbonyl (C=O) groups is 1. The topological polar surface area (TPSA) is 84.7 Å². The van der Waals surface area contributed by atoms with E-state index in [0.29, 0.717) is 24.4 Å². The van der Waals surface area contributed by atoms with E-state index >= 15 is 0 Å². The number of carbonyl (C=O) groups excluding carboxylic acids is 1. The van der Waals surface area contributed by atoms with Crippen LogP contribution in [0.4, 0.5) is 11.4 Å². The number of anilines is 1. The summed E-state index contributed by atoms with van der Waals surface area (Å²) in [5.74, 6) is -0.0396. The van der Waals surface area contributed by atoms with Crippen LogP contribution in [0.15, 0.2) is 18.2 Å². The Labute approximate surface area is 141 Å². The van der Waals surface area contributed by atoms with Crippen LogP contribution in [0, 0.1) is 10.1 Å². The van der Waals surface area contributed by atoms with Crippen molar-refractivity contribution in [3.05, 3.63) is 33.9 Å². The second-order valence-corrected chi connectivity index (χ2v) is 6.33. The molecule has 0 radical (unpaired) electrons. The van der Waals surface area contributed by atoms with Crippen LogP contribution in [0.5, 0.6) is 0 Å². The predicted octanol–water partition coefficient (Wildman–Crippen LogP) is 1.69. The number of hydrogen-bond donors (Lipinski definition) is 1. The molecule has 0 amide bonds. The van der Waals surface area contributed by atoms with Gasteiger partial charge in [0.1, 0.15) is 11.8 Å². The second-order valence-electron chi connectivity index (χ2n) is 6.33. The molecule has 2 fully saturated rings. The average molecular weight is 333 g/mol. The van der Waals surface area contributed by atoms with E-state index in [0.717, 1.165) is 32.5 Å². The molecule has 0 bridgehead atoms. The largest absolute Gasteiger partial charge is 0.368 e. The summed E-state index contributed by atoms with van der Waals surface area (Å²) in [4.78, 5) is 25.5. The van der Waals surface area contributed by atoms with Crippen molar-refractivity contribution in [1.82, 2.24) is 5.32 Å².